The highest BCUT2D eigenvalue weighted by Crippen LogP contribution is 2.50. The second-order valence-electron chi connectivity index (χ2n) is 18.5. The zero-order valence-corrected chi connectivity index (χ0v) is 44.7. The second-order valence-corrected chi connectivity index (χ2v) is 18.5. The van der Waals surface area contributed by atoms with Crippen LogP contribution in [-0.2, 0) is 44.9 Å². The number of benzene rings is 4. The molecule has 75 heavy (non-hydrogen) atoms. The Bertz CT molecular complexity index is 3160. The van der Waals surface area contributed by atoms with E-state index in [1.165, 1.54) is 40.7 Å². The van der Waals surface area contributed by atoms with Gasteiger partial charge in [0.15, 0.2) is 34.6 Å². The van der Waals surface area contributed by atoms with Gasteiger partial charge in [-0.3, -0.25) is 38.4 Å². The van der Waals surface area contributed by atoms with Crippen molar-refractivity contribution in [1.29, 1.82) is 0 Å². The fourth-order valence-electron chi connectivity index (χ4n) is 9.59. The molecule has 4 aromatic rings. The molecule has 6 rings (SSSR count). The molecule has 0 aliphatic heterocycles. The summed E-state index contributed by atoms with van der Waals surface area (Å²) in [5, 5.41) is 43.8. The van der Waals surface area contributed by atoms with Crippen LogP contribution in [0.5, 0.6) is 34.5 Å². The van der Waals surface area contributed by atoms with Crippen LogP contribution in [-0.4, -0.2) is 110 Å². The van der Waals surface area contributed by atoms with Crippen molar-refractivity contribution < 1.29 is 77.7 Å². The van der Waals surface area contributed by atoms with Crippen LogP contribution in [0.3, 0.4) is 0 Å². The number of allylic oxidation sites excluding steroid dienone is 2. The number of nitrogens with zero attached hydrogens (tertiary/aromatic N) is 3. The number of ether oxygens (including phenoxy) is 4. The molecule has 0 aromatic heterocycles. The van der Waals surface area contributed by atoms with Gasteiger partial charge in [0.2, 0.25) is 0 Å². The van der Waals surface area contributed by atoms with E-state index in [0.29, 0.717) is 40.8 Å². The number of anilines is 3. The highest BCUT2D eigenvalue weighted by molar-refractivity contribution is 6.20. The Labute approximate surface area is 434 Å². The molecule has 0 unspecified atom stereocenters. The van der Waals surface area contributed by atoms with Crippen LogP contribution in [0.25, 0.3) is 11.5 Å². The number of carbonyl (C=O) groups is 8. The summed E-state index contributed by atoms with van der Waals surface area (Å²) in [5.74, 6) is -7.24. The van der Waals surface area contributed by atoms with E-state index in [9.17, 15) is 58.8 Å². The highest BCUT2D eigenvalue weighted by atomic mass is 16.6. The summed E-state index contributed by atoms with van der Waals surface area (Å²) < 4.78 is 21.7. The van der Waals surface area contributed by atoms with Gasteiger partial charge in [0.05, 0.1) is 27.9 Å². The average molecular weight is 1030 g/mol. The molecule has 0 radical (unpaired) electrons. The van der Waals surface area contributed by atoms with Crippen molar-refractivity contribution in [2.45, 2.75) is 93.9 Å². The summed E-state index contributed by atoms with van der Waals surface area (Å²) in [7, 11) is 10.7. The molecule has 4 N–H and O–H groups in total. The minimum atomic E-state index is -0.802. The molecule has 398 valence electrons. The van der Waals surface area contributed by atoms with Crippen LogP contribution < -0.4 is 33.6 Å². The first-order valence-corrected chi connectivity index (χ1v) is 23.9. The molecule has 0 saturated heterocycles. The molecule has 2 aliphatic rings. The SMILES string of the molecule is CCc1c(N(C)C)ccc(OC(C)=O)c1C(O)=C1CCc2c(c(OC(C)=O)c(C(C)=O)c(OC(C)=O)c2N(C)C)C1=O.CCc1c(N(C)C)ccc(OC(C)=O)c1C(O)=C1CCc2cc(O)c(C(C)=O)c(O)c2C1=O. The number of hydrogen-bond donors (Lipinski definition) is 4. The lowest BCUT2D eigenvalue weighted by Gasteiger charge is -2.30. The maximum atomic E-state index is 14.3. The average Bonchev–Trinajstić information content (AvgIpc) is 3.29. The van der Waals surface area contributed by atoms with E-state index in [-0.39, 0.29) is 99.0 Å². The molecule has 0 heterocycles. The zero-order chi connectivity index (χ0) is 56.2. The van der Waals surface area contributed by atoms with Gasteiger partial charge in [-0.1, -0.05) is 13.8 Å². The molecule has 2 aliphatic carbocycles. The molecule has 0 atom stereocenters. The van der Waals surface area contributed by atoms with Crippen molar-refractivity contribution in [2.24, 2.45) is 0 Å². The lowest BCUT2D eigenvalue weighted by Crippen LogP contribution is -2.26. The second kappa shape index (κ2) is 23.2. The standard InChI is InChI=1S/C31H36N2O9.C25H27NO7/c1-10-19-22(32(6)7)13-14-23(40-16(3)35)25(19)28(38)21-12-11-20-26(29(21)39)30(41-17(4)36)24(15(2)34)31(42-18(5)37)27(20)33(8)9;1-6-15-17(26(4)5)9-10-19(33-13(3)28)22(15)24(31)16-8-7-14-11-18(29)20(12(2)27)25(32)21(14)23(16)30/h13-14,38H,10-12H2,1-9H3;9-11,29,31-32H,6-8H2,1-5H3. The third-order valence-corrected chi connectivity index (χ3v) is 12.5. The minimum absolute atomic E-state index is 0.0191. The van der Waals surface area contributed by atoms with Crippen LogP contribution in [0.1, 0.15) is 143 Å². The topological polar surface area (TPSA) is 264 Å². The van der Waals surface area contributed by atoms with E-state index < -0.39 is 64.3 Å². The van der Waals surface area contributed by atoms with Gasteiger partial charge in [0.1, 0.15) is 45.6 Å². The highest BCUT2D eigenvalue weighted by Gasteiger charge is 2.39. The van der Waals surface area contributed by atoms with Crippen molar-refractivity contribution in [1.82, 2.24) is 0 Å². The fourth-order valence-corrected chi connectivity index (χ4v) is 9.59. The molecule has 0 amide bonds. The van der Waals surface area contributed by atoms with Crippen LogP contribution in [0, 0.1) is 0 Å². The quantitative estimate of drug-likeness (QED) is 0.0322. The number of rotatable bonds is 13. The van der Waals surface area contributed by atoms with E-state index in [0.717, 1.165) is 18.3 Å². The minimum Gasteiger partial charge on any atom is -0.507 e. The van der Waals surface area contributed by atoms with Gasteiger partial charge in [-0.25, -0.2) is 0 Å². The van der Waals surface area contributed by atoms with Gasteiger partial charge in [0, 0.05) is 92.5 Å². The Morgan fingerprint density at radius 3 is 1.32 bits per heavy atom. The normalized spacial score (nSPS) is 14.0. The molecule has 19 heteroatoms. The number of phenols is 2. The van der Waals surface area contributed by atoms with E-state index in [4.69, 9.17) is 18.9 Å². The molecule has 0 saturated carbocycles. The van der Waals surface area contributed by atoms with Crippen molar-refractivity contribution >= 4 is 75.6 Å². The number of aromatic hydroxyl groups is 2. The maximum Gasteiger partial charge on any atom is 0.308 e. The third kappa shape index (κ3) is 11.5. The molecule has 0 fully saturated rings. The van der Waals surface area contributed by atoms with Crippen molar-refractivity contribution in [3.63, 3.8) is 0 Å². The molecule has 4 aromatic carbocycles. The first-order valence-electron chi connectivity index (χ1n) is 23.9. The van der Waals surface area contributed by atoms with Crippen LogP contribution in [0.4, 0.5) is 17.1 Å². The van der Waals surface area contributed by atoms with Gasteiger partial charge in [-0.05, 0) is 105 Å². The van der Waals surface area contributed by atoms with Crippen molar-refractivity contribution in [3.05, 3.63) is 97.1 Å². The van der Waals surface area contributed by atoms with Gasteiger partial charge in [-0.2, -0.15) is 0 Å². The summed E-state index contributed by atoms with van der Waals surface area (Å²) in [4.78, 5) is 106. The van der Waals surface area contributed by atoms with E-state index in [2.05, 4.69) is 0 Å². The molecule has 19 nitrogen and oxygen atoms in total. The lowest BCUT2D eigenvalue weighted by atomic mass is 9.81. The summed E-state index contributed by atoms with van der Waals surface area (Å²) in [5.41, 5.74) is 3.55. The number of aliphatic hydroxyl groups is 2. The van der Waals surface area contributed by atoms with Gasteiger partial charge < -0.3 is 54.1 Å². The molecule has 0 spiro atoms. The van der Waals surface area contributed by atoms with E-state index >= 15 is 0 Å². The van der Waals surface area contributed by atoms with E-state index in [1.54, 1.807) is 43.3 Å². The number of carbonyl (C=O) groups excluding carboxylic acids is 8. The Balaban J connectivity index is 0.000000285. The van der Waals surface area contributed by atoms with E-state index in [1.807, 2.05) is 51.8 Å². The fraction of sp³-hybridized carbons (Fsp3) is 0.357. The predicted octanol–water partition coefficient (Wildman–Crippen LogP) is 8.41. The maximum absolute atomic E-state index is 14.3. The van der Waals surface area contributed by atoms with Crippen LogP contribution in [0.15, 0.2) is 41.5 Å². The Kier molecular flexibility index (Phi) is 17.7. The number of hydrogen-bond acceptors (Lipinski definition) is 19. The van der Waals surface area contributed by atoms with Gasteiger partial charge in [-0.15, -0.1) is 0 Å². The Morgan fingerprint density at radius 1 is 0.520 bits per heavy atom. The number of fused-ring (bicyclic) bond motifs is 2. The summed E-state index contributed by atoms with van der Waals surface area (Å²) >= 11 is 0. The predicted molar refractivity (Wildman–Crippen MR) is 280 cm³/mol. The first-order chi connectivity index (χ1) is 35.1. The monoisotopic (exact) mass is 1030 g/mol. The van der Waals surface area contributed by atoms with Gasteiger partial charge >= 0.3 is 23.9 Å². The molecule has 0 bridgehead atoms. The number of aryl methyl sites for hydroxylation is 1. The number of ketones is 4. The van der Waals surface area contributed by atoms with Gasteiger partial charge in [0.25, 0.3) is 0 Å². The zero-order valence-electron chi connectivity index (χ0n) is 44.7. The number of esters is 4. The first kappa shape index (κ1) is 57.4. The number of Topliss-reactive ketones (excluding diaryl/α,β-unsaturated/α-hetero) is 4. The van der Waals surface area contributed by atoms with Crippen molar-refractivity contribution in [2.75, 3.05) is 57.0 Å². The van der Waals surface area contributed by atoms with Crippen molar-refractivity contribution in [3.8, 4) is 34.5 Å². The molecular formula is C56H63N3O16. The Hall–Kier alpha value is -8.48. The van der Waals surface area contributed by atoms with Crippen LogP contribution in [0.2, 0.25) is 0 Å². The summed E-state index contributed by atoms with van der Waals surface area (Å²) in [6.07, 6.45) is 1.50. The third-order valence-electron chi connectivity index (χ3n) is 12.5. The molecular weight excluding hydrogens is 971 g/mol. The smallest absolute Gasteiger partial charge is 0.308 e. The number of aliphatic hydroxyl groups excluding tert-OH is 2. The largest absolute Gasteiger partial charge is 0.507 e. The summed E-state index contributed by atoms with van der Waals surface area (Å²) in [6, 6.07) is 7.94. The lowest BCUT2D eigenvalue weighted by molar-refractivity contribution is -0.133. The summed E-state index contributed by atoms with van der Waals surface area (Å²) in [6.45, 7) is 10.9. The number of phenolic OH excluding ortho intramolecular Hbond substituents is 2. The van der Waals surface area contributed by atoms with Crippen LogP contribution >= 0.6 is 0 Å². The Morgan fingerprint density at radius 2 is 0.933 bits per heavy atom.